The molecule has 0 unspecified atom stereocenters. The molecule has 0 saturated carbocycles. The zero-order valence-electron chi connectivity index (χ0n) is 18.0. The highest BCUT2D eigenvalue weighted by molar-refractivity contribution is 5.81. The lowest BCUT2D eigenvalue weighted by atomic mass is 10.1. The first kappa shape index (κ1) is 20.8. The molecule has 1 saturated heterocycles. The molecule has 0 bridgehead atoms. The summed E-state index contributed by atoms with van der Waals surface area (Å²) in [5.41, 5.74) is 5.51. The minimum atomic E-state index is -0.579. The van der Waals surface area contributed by atoms with Crippen LogP contribution in [-0.4, -0.2) is 52.9 Å². The van der Waals surface area contributed by atoms with Crippen molar-refractivity contribution < 1.29 is 14.6 Å². The maximum absolute atomic E-state index is 10.5. The predicted molar refractivity (Wildman–Crippen MR) is 118 cm³/mol. The second kappa shape index (κ2) is 9.16. The SMILES string of the molecule is Cc1ccc(OC[C@@H](O)CN(C)Cc2c([C@@H]3CCCO3)[nH]c3ncccc23)c(C)c1. The van der Waals surface area contributed by atoms with Gasteiger partial charge in [-0.25, -0.2) is 4.98 Å². The number of nitrogens with one attached hydrogen (secondary N) is 1. The first-order valence-corrected chi connectivity index (χ1v) is 10.6. The van der Waals surface area contributed by atoms with E-state index >= 15 is 0 Å². The number of H-pyrrole nitrogens is 1. The van der Waals surface area contributed by atoms with Crippen molar-refractivity contribution >= 4 is 11.0 Å². The number of ether oxygens (including phenoxy) is 2. The van der Waals surface area contributed by atoms with Crippen LogP contribution >= 0.6 is 0 Å². The zero-order chi connectivity index (χ0) is 21.1. The third kappa shape index (κ3) is 4.67. The fourth-order valence-electron chi connectivity index (χ4n) is 4.24. The molecule has 2 N–H and O–H groups in total. The van der Waals surface area contributed by atoms with E-state index in [2.05, 4.69) is 33.9 Å². The van der Waals surface area contributed by atoms with Gasteiger partial charge in [0.1, 0.15) is 24.1 Å². The van der Waals surface area contributed by atoms with Crippen LogP contribution < -0.4 is 4.74 Å². The van der Waals surface area contributed by atoms with Gasteiger partial charge in [0.15, 0.2) is 0 Å². The van der Waals surface area contributed by atoms with Gasteiger partial charge < -0.3 is 19.6 Å². The van der Waals surface area contributed by atoms with Crippen molar-refractivity contribution in [1.29, 1.82) is 0 Å². The number of aliphatic hydroxyl groups excluding tert-OH is 1. The number of aromatic amines is 1. The molecule has 1 aromatic carbocycles. The Labute approximate surface area is 177 Å². The predicted octanol–water partition coefficient (Wildman–Crippen LogP) is 3.90. The van der Waals surface area contributed by atoms with Gasteiger partial charge in [0, 0.05) is 31.3 Å². The molecule has 2 atom stereocenters. The highest BCUT2D eigenvalue weighted by atomic mass is 16.5. The Kier molecular flexibility index (Phi) is 6.37. The Morgan fingerprint density at radius 2 is 2.20 bits per heavy atom. The quantitative estimate of drug-likeness (QED) is 0.590. The number of likely N-dealkylation sites (N-methyl/N-ethyl adjacent to an activating group) is 1. The second-order valence-electron chi connectivity index (χ2n) is 8.35. The van der Waals surface area contributed by atoms with E-state index in [1.165, 1.54) is 11.1 Å². The van der Waals surface area contributed by atoms with E-state index in [1.807, 2.05) is 32.2 Å². The Hall–Kier alpha value is -2.41. The van der Waals surface area contributed by atoms with Gasteiger partial charge in [0.2, 0.25) is 0 Å². The smallest absolute Gasteiger partial charge is 0.137 e. The van der Waals surface area contributed by atoms with Crippen LogP contribution in [0.3, 0.4) is 0 Å². The van der Waals surface area contributed by atoms with Crippen LogP contribution in [0.5, 0.6) is 5.75 Å². The normalized spacial score (nSPS) is 17.7. The first-order chi connectivity index (χ1) is 14.5. The standard InChI is InChI=1S/C24H31N3O3/c1-16-8-9-21(17(2)12-16)30-15-18(28)13-27(3)14-20-19-6-4-10-25-24(19)26-23(20)22-7-5-11-29-22/h4,6,8-10,12,18,22,28H,5,7,11,13-15H2,1-3H3,(H,25,26)/t18-,22-/m0/s1. The second-order valence-corrected chi connectivity index (χ2v) is 8.35. The van der Waals surface area contributed by atoms with Gasteiger partial charge in [0.25, 0.3) is 0 Å². The highest BCUT2D eigenvalue weighted by Crippen LogP contribution is 2.34. The average Bonchev–Trinajstić information content (AvgIpc) is 3.35. The van der Waals surface area contributed by atoms with E-state index in [1.54, 1.807) is 6.20 Å². The fraction of sp³-hybridized carbons (Fsp3) is 0.458. The molecule has 2 aromatic heterocycles. The molecular formula is C24H31N3O3. The van der Waals surface area contributed by atoms with Gasteiger partial charge in [0.05, 0.1) is 11.8 Å². The monoisotopic (exact) mass is 409 g/mol. The fourth-order valence-corrected chi connectivity index (χ4v) is 4.24. The van der Waals surface area contributed by atoms with Crippen LogP contribution in [0.15, 0.2) is 36.5 Å². The van der Waals surface area contributed by atoms with Gasteiger partial charge in [-0.15, -0.1) is 0 Å². The summed E-state index contributed by atoms with van der Waals surface area (Å²) in [4.78, 5) is 10.1. The van der Waals surface area contributed by atoms with Crippen molar-refractivity contribution in [3.63, 3.8) is 0 Å². The summed E-state index contributed by atoms with van der Waals surface area (Å²) in [5.74, 6) is 0.825. The van der Waals surface area contributed by atoms with Crippen molar-refractivity contribution in [2.24, 2.45) is 0 Å². The zero-order valence-corrected chi connectivity index (χ0v) is 18.0. The van der Waals surface area contributed by atoms with Crippen LogP contribution in [0.2, 0.25) is 0 Å². The van der Waals surface area contributed by atoms with E-state index in [0.717, 1.165) is 47.5 Å². The number of benzene rings is 1. The molecule has 6 heteroatoms. The van der Waals surface area contributed by atoms with Gasteiger partial charge in [-0.05, 0) is 63.1 Å². The van der Waals surface area contributed by atoms with E-state index in [4.69, 9.17) is 9.47 Å². The topological polar surface area (TPSA) is 70.6 Å². The number of rotatable bonds is 8. The molecule has 3 aromatic rings. The Balaban J connectivity index is 1.41. The number of nitrogens with zero attached hydrogens (tertiary/aromatic N) is 2. The van der Waals surface area contributed by atoms with Crippen molar-refractivity contribution in [1.82, 2.24) is 14.9 Å². The number of aromatic nitrogens is 2. The van der Waals surface area contributed by atoms with Gasteiger partial charge in [-0.1, -0.05) is 17.7 Å². The average molecular weight is 410 g/mol. The van der Waals surface area contributed by atoms with Gasteiger partial charge in [-0.3, -0.25) is 4.90 Å². The van der Waals surface area contributed by atoms with E-state index in [9.17, 15) is 5.11 Å². The van der Waals surface area contributed by atoms with Crippen molar-refractivity contribution in [3.8, 4) is 5.75 Å². The Morgan fingerprint density at radius 1 is 1.33 bits per heavy atom. The summed E-state index contributed by atoms with van der Waals surface area (Å²) in [6, 6.07) is 10.1. The molecule has 0 amide bonds. The molecule has 1 aliphatic heterocycles. The first-order valence-electron chi connectivity index (χ1n) is 10.6. The molecule has 0 spiro atoms. The summed E-state index contributed by atoms with van der Waals surface area (Å²) < 4.78 is 11.8. The van der Waals surface area contributed by atoms with Gasteiger partial charge >= 0.3 is 0 Å². The maximum Gasteiger partial charge on any atom is 0.137 e. The van der Waals surface area contributed by atoms with Crippen LogP contribution in [0.4, 0.5) is 0 Å². The van der Waals surface area contributed by atoms with E-state index < -0.39 is 6.10 Å². The minimum Gasteiger partial charge on any atom is -0.491 e. The van der Waals surface area contributed by atoms with E-state index in [0.29, 0.717) is 13.1 Å². The summed E-state index contributed by atoms with van der Waals surface area (Å²) in [6.07, 6.45) is 3.43. The molecule has 30 heavy (non-hydrogen) atoms. The largest absolute Gasteiger partial charge is 0.491 e. The molecule has 4 rings (SSSR count). The number of aliphatic hydroxyl groups is 1. The minimum absolute atomic E-state index is 0.0976. The maximum atomic E-state index is 10.5. The molecular weight excluding hydrogens is 378 g/mol. The molecule has 3 heterocycles. The Morgan fingerprint density at radius 3 is 2.97 bits per heavy atom. The lowest BCUT2D eigenvalue weighted by molar-refractivity contribution is 0.0733. The lowest BCUT2D eigenvalue weighted by Gasteiger charge is -2.22. The van der Waals surface area contributed by atoms with Crippen LogP contribution in [-0.2, 0) is 11.3 Å². The molecule has 1 fully saturated rings. The number of fused-ring (bicyclic) bond motifs is 1. The molecule has 0 radical (unpaired) electrons. The third-order valence-electron chi connectivity index (χ3n) is 5.67. The number of pyridine rings is 1. The summed E-state index contributed by atoms with van der Waals surface area (Å²) in [6.45, 7) is 6.38. The molecule has 160 valence electrons. The van der Waals surface area contributed by atoms with Crippen molar-refractivity contribution in [2.45, 2.75) is 45.4 Å². The third-order valence-corrected chi connectivity index (χ3v) is 5.67. The van der Waals surface area contributed by atoms with Gasteiger partial charge in [-0.2, -0.15) is 0 Å². The summed E-state index contributed by atoms with van der Waals surface area (Å²) in [7, 11) is 2.02. The number of hydrogen-bond acceptors (Lipinski definition) is 5. The van der Waals surface area contributed by atoms with Crippen LogP contribution in [0, 0.1) is 13.8 Å². The summed E-state index contributed by atoms with van der Waals surface area (Å²) >= 11 is 0. The Bertz CT molecular complexity index is 995. The van der Waals surface area contributed by atoms with Crippen molar-refractivity contribution in [3.05, 3.63) is 58.9 Å². The lowest BCUT2D eigenvalue weighted by Crippen LogP contribution is -2.33. The van der Waals surface area contributed by atoms with Crippen molar-refractivity contribution in [2.75, 3.05) is 26.8 Å². The number of hydrogen-bond donors (Lipinski definition) is 2. The van der Waals surface area contributed by atoms with E-state index in [-0.39, 0.29) is 12.7 Å². The summed E-state index contributed by atoms with van der Waals surface area (Å²) in [5, 5.41) is 11.7. The molecule has 6 nitrogen and oxygen atoms in total. The van der Waals surface area contributed by atoms with Crippen LogP contribution in [0.1, 0.15) is 41.3 Å². The van der Waals surface area contributed by atoms with Crippen LogP contribution in [0.25, 0.3) is 11.0 Å². The number of aryl methyl sites for hydroxylation is 2. The molecule has 1 aliphatic rings. The molecule has 0 aliphatic carbocycles. The highest BCUT2D eigenvalue weighted by Gasteiger charge is 2.25.